The first-order valence-corrected chi connectivity index (χ1v) is 8.00. The standard InChI is InChI=1S/C20H20N2O3/c1-22-13-16(20(23)21-12-14-7-5-4-6-8-14)9-15-10-18(24-2)19(25-3)11-17(15)22/h4-11,13H,12H2,1-3H3/p+1/i1-1. The first-order chi connectivity index (χ1) is 12.1. The maximum absolute atomic E-state index is 12.5. The molecule has 1 heterocycles. The Morgan fingerprint density at radius 1 is 1.04 bits per heavy atom. The lowest BCUT2D eigenvalue weighted by atomic mass is 10.1. The molecule has 0 unspecified atom stereocenters. The second kappa shape index (κ2) is 7.21. The third-order valence-electron chi connectivity index (χ3n) is 4.11. The van der Waals surface area contributed by atoms with Gasteiger partial charge in [-0.05, 0) is 17.7 Å². The van der Waals surface area contributed by atoms with E-state index in [9.17, 15) is 4.79 Å². The van der Waals surface area contributed by atoms with Crippen molar-refractivity contribution in [1.82, 2.24) is 5.32 Å². The molecule has 0 spiro atoms. The van der Waals surface area contributed by atoms with Gasteiger partial charge in [0.25, 0.3) is 5.91 Å². The molecule has 0 aliphatic carbocycles. The maximum atomic E-state index is 12.5. The van der Waals surface area contributed by atoms with Crippen LogP contribution in [0.3, 0.4) is 0 Å². The summed E-state index contributed by atoms with van der Waals surface area (Å²) in [5.41, 5.74) is 2.61. The predicted octanol–water partition coefficient (Wildman–Crippen LogP) is 2.61. The fourth-order valence-corrected chi connectivity index (χ4v) is 2.79. The smallest absolute Gasteiger partial charge is 0.257 e. The summed E-state index contributed by atoms with van der Waals surface area (Å²) in [5, 5.41) is 3.86. The van der Waals surface area contributed by atoms with E-state index in [0.29, 0.717) is 23.6 Å². The van der Waals surface area contributed by atoms with Crippen LogP contribution in [-0.2, 0) is 13.6 Å². The Balaban J connectivity index is 1.90. The number of pyridine rings is 1. The highest BCUT2D eigenvalue weighted by Crippen LogP contribution is 2.30. The summed E-state index contributed by atoms with van der Waals surface area (Å²) in [6.45, 7) is 0.493. The Morgan fingerprint density at radius 3 is 2.40 bits per heavy atom. The van der Waals surface area contributed by atoms with Gasteiger partial charge < -0.3 is 14.8 Å². The molecule has 0 aliphatic heterocycles. The van der Waals surface area contributed by atoms with Crippen LogP contribution in [-0.4, -0.2) is 20.1 Å². The number of aryl methyl sites for hydroxylation is 1. The largest absolute Gasteiger partial charge is 0.493 e. The van der Waals surface area contributed by atoms with E-state index in [0.717, 1.165) is 16.5 Å². The van der Waals surface area contributed by atoms with Crippen molar-refractivity contribution in [3.63, 3.8) is 0 Å². The van der Waals surface area contributed by atoms with Crippen molar-refractivity contribution in [2.24, 2.45) is 7.05 Å². The minimum Gasteiger partial charge on any atom is -0.493 e. The van der Waals surface area contributed by atoms with Gasteiger partial charge in [0.1, 0.15) is 12.6 Å². The molecule has 5 nitrogen and oxygen atoms in total. The lowest BCUT2D eigenvalue weighted by molar-refractivity contribution is -0.645. The number of ether oxygens (including phenoxy) is 2. The molecule has 5 heteroatoms. The molecule has 25 heavy (non-hydrogen) atoms. The molecular formula is C20H21N2O3+. The summed E-state index contributed by atoms with van der Waals surface area (Å²) in [7, 11) is 5.11. The maximum Gasteiger partial charge on any atom is 0.257 e. The summed E-state index contributed by atoms with van der Waals surface area (Å²) < 4.78 is 12.6. The normalized spacial score (nSPS) is 10.5. The molecular weight excluding hydrogens is 315 g/mol. The van der Waals surface area contributed by atoms with Crippen molar-refractivity contribution in [3.8, 4) is 11.5 Å². The minimum absolute atomic E-state index is 0.115. The zero-order valence-electron chi connectivity index (χ0n) is 14.6. The second-order valence-corrected chi connectivity index (χ2v) is 5.77. The summed E-state index contributed by atoms with van der Waals surface area (Å²) in [6.07, 6.45) is 1.81. The van der Waals surface area contributed by atoms with Crippen molar-refractivity contribution in [3.05, 3.63) is 65.9 Å². The molecule has 0 aliphatic rings. The Morgan fingerprint density at radius 2 is 1.72 bits per heavy atom. The molecule has 0 bridgehead atoms. The van der Waals surface area contributed by atoms with Gasteiger partial charge in [-0.2, -0.15) is 0 Å². The van der Waals surface area contributed by atoms with Crippen LogP contribution in [0.1, 0.15) is 15.9 Å². The van der Waals surface area contributed by atoms with E-state index in [4.69, 9.17) is 9.47 Å². The van der Waals surface area contributed by atoms with Crippen molar-refractivity contribution in [1.29, 1.82) is 0 Å². The SMILES string of the molecule is COc1cc2cc(C(=O)NCc3ccccc3)c[n+]([11CH3])c2cc1OC. The third-order valence-corrected chi connectivity index (χ3v) is 4.11. The topological polar surface area (TPSA) is 51.4 Å². The summed E-state index contributed by atoms with van der Waals surface area (Å²) in [6, 6.07) is 15.5. The molecule has 0 saturated carbocycles. The number of aromatic nitrogens is 1. The average Bonchev–Trinajstić information content (AvgIpc) is 2.65. The molecule has 3 rings (SSSR count). The lowest BCUT2D eigenvalue weighted by Crippen LogP contribution is -2.32. The molecule has 1 N–H and O–H groups in total. The number of fused-ring (bicyclic) bond motifs is 1. The van der Waals surface area contributed by atoms with E-state index in [1.165, 1.54) is 0 Å². The van der Waals surface area contributed by atoms with Gasteiger partial charge in [0.15, 0.2) is 17.7 Å². The van der Waals surface area contributed by atoms with Crippen LogP contribution >= 0.6 is 0 Å². The summed E-state index contributed by atoms with van der Waals surface area (Å²) in [4.78, 5) is 12.5. The summed E-state index contributed by atoms with van der Waals surface area (Å²) in [5.74, 6) is 1.18. The fourth-order valence-electron chi connectivity index (χ4n) is 2.79. The number of nitrogens with one attached hydrogen (secondary N) is 1. The molecule has 2 aromatic carbocycles. The van der Waals surface area contributed by atoms with Gasteiger partial charge in [-0.3, -0.25) is 4.79 Å². The van der Waals surface area contributed by atoms with Gasteiger partial charge in [-0.25, -0.2) is 4.57 Å². The van der Waals surface area contributed by atoms with E-state index >= 15 is 0 Å². The zero-order valence-corrected chi connectivity index (χ0v) is 14.6. The number of carbonyl (C=O) groups excluding carboxylic acids is 1. The van der Waals surface area contributed by atoms with E-state index in [2.05, 4.69) is 5.32 Å². The predicted molar refractivity (Wildman–Crippen MR) is 95.8 cm³/mol. The van der Waals surface area contributed by atoms with Gasteiger partial charge >= 0.3 is 0 Å². The van der Waals surface area contributed by atoms with Crippen LogP contribution < -0.4 is 19.4 Å². The molecule has 0 radical (unpaired) electrons. The molecule has 0 atom stereocenters. The average molecular weight is 336 g/mol. The van der Waals surface area contributed by atoms with Gasteiger partial charge in [0.05, 0.1) is 25.7 Å². The van der Waals surface area contributed by atoms with Crippen molar-refractivity contribution in [2.45, 2.75) is 6.54 Å². The van der Waals surface area contributed by atoms with Crippen LogP contribution in [0.15, 0.2) is 54.7 Å². The molecule has 1 aromatic heterocycles. The van der Waals surface area contributed by atoms with E-state index in [-0.39, 0.29) is 5.91 Å². The number of carbonyl (C=O) groups is 1. The number of hydrogen-bond donors (Lipinski definition) is 1. The van der Waals surface area contributed by atoms with E-state index < -0.39 is 0 Å². The van der Waals surface area contributed by atoms with Crippen LogP contribution in [0, 0.1) is 0 Å². The van der Waals surface area contributed by atoms with Crippen molar-refractivity contribution in [2.75, 3.05) is 14.2 Å². The third kappa shape index (κ3) is 3.55. The minimum atomic E-state index is -0.115. The quantitative estimate of drug-likeness (QED) is 0.729. The molecule has 1 amide bonds. The Bertz CT molecular complexity index is 908. The number of benzene rings is 2. The number of methoxy groups -OCH3 is 2. The van der Waals surface area contributed by atoms with Crippen LogP contribution in [0.5, 0.6) is 11.5 Å². The van der Waals surface area contributed by atoms with E-state index in [1.807, 2.05) is 66.3 Å². The molecule has 0 fully saturated rings. The molecule has 0 saturated heterocycles. The van der Waals surface area contributed by atoms with Gasteiger partial charge in [-0.15, -0.1) is 0 Å². The lowest BCUT2D eigenvalue weighted by Gasteiger charge is -2.09. The number of nitrogens with zero attached hydrogens (tertiary/aromatic N) is 1. The Kier molecular flexibility index (Phi) is 4.84. The van der Waals surface area contributed by atoms with Crippen LogP contribution in [0.25, 0.3) is 10.9 Å². The highest BCUT2D eigenvalue weighted by molar-refractivity contribution is 5.96. The fraction of sp³-hybridized carbons (Fsp3) is 0.200. The van der Waals surface area contributed by atoms with Crippen LogP contribution in [0.4, 0.5) is 0 Å². The monoisotopic (exact) mass is 336 g/mol. The van der Waals surface area contributed by atoms with Gasteiger partial charge in [-0.1, -0.05) is 30.3 Å². The van der Waals surface area contributed by atoms with Crippen molar-refractivity contribution < 1.29 is 18.8 Å². The first kappa shape index (κ1) is 16.8. The summed E-state index contributed by atoms with van der Waals surface area (Å²) >= 11 is 0. The van der Waals surface area contributed by atoms with Crippen molar-refractivity contribution >= 4 is 16.8 Å². The first-order valence-electron chi connectivity index (χ1n) is 8.00. The van der Waals surface area contributed by atoms with Gasteiger partial charge in [0, 0.05) is 6.54 Å². The van der Waals surface area contributed by atoms with Gasteiger partial charge in [0.2, 0.25) is 5.52 Å². The Hall–Kier alpha value is -3.08. The Labute approximate surface area is 146 Å². The number of rotatable bonds is 5. The number of hydrogen-bond acceptors (Lipinski definition) is 3. The molecule has 128 valence electrons. The highest BCUT2D eigenvalue weighted by atomic mass is 16.5. The number of amides is 1. The molecule has 3 aromatic rings. The highest BCUT2D eigenvalue weighted by Gasteiger charge is 2.17. The zero-order chi connectivity index (χ0) is 17.8. The second-order valence-electron chi connectivity index (χ2n) is 5.77. The van der Waals surface area contributed by atoms with Crippen LogP contribution in [0.2, 0.25) is 0 Å². The van der Waals surface area contributed by atoms with E-state index in [1.54, 1.807) is 14.2 Å².